The zero-order valence-electron chi connectivity index (χ0n) is 27.5. The summed E-state index contributed by atoms with van der Waals surface area (Å²) in [6.07, 6.45) is 35.5. The lowest BCUT2D eigenvalue weighted by molar-refractivity contribution is -0.161. The van der Waals surface area contributed by atoms with Crippen molar-refractivity contribution in [3.05, 3.63) is 48.6 Å². The molecule has 0 amide bonds. The molecule has 9 heteroatoms. The average molecular weight is 641 g/mol. The van der Waals surface area contributed by atoms with Crippen molar-refractivity contribution in [1.82, 2.24) is 0 Å². The Morgan fingerprint density at radius 2 is 1.09 bits per heavy atom. The first-order valence-corrected chi connectivity index (χ1v) is 18.5. The monoisotopic (exact) mass is 640 g/mol. The molecule has 0 heterocycles. The fourth-order valence-electron chi connectivity index (χ4n) is 4.36. The third kappa shape index (κ3) is 32.9. The Labute approximate surface area is 267 Å². The zero-order valence-corrected chi connectivity index (χ0v) is 28.4. The molecule has 1 atom stereocenters. The van der Waals surface area contributed by atoms with Crippen molar-refractivity contribution in [3.8, 4) is 0 Å². The topological polar surface area (TPSA) is 119 Å². The van der Waals surface area contributed by atoms with Crippen molar-refractivity contribution in [2.24, 2.45) is 0 Å². The van der Waals surface area contributed by atoms with Gasteiger partial charge in [-0.2, -0.15) is 0 Å². The quantitative estimate of drug-likeness (QED) is 0.0345. The lowest BCUT2D eigenvalue weighted by atomic mass is 10.1. The molecule has 0 aromatic heterocycles. The second-order valence-corrected chi connectivity index (χ2v) is 12.4. The minimum absolute atomic E-state index is 0.159. The first kappa shape index (κ1) is 42.0. The smallest absolute Gasteiger partial charge is 0.462 e. The summed E-state index contributed by atoms with van der Waals surface area (Å²) in [5, 5.41) is 0. The van der Waals surface area contributed by atoms with Crippen LogP contribution in [0.1, 0.15) is 142 Å². The molecule has 254 valence electrons. The van der Waals surface area contributed by atoms with E-state index < -0.39 is 32.5 Å². The molecule has 0 rings (SSSR count). The Morgan fingerprint density at radius 1 is 0.614 bits per heavy atom. The largest absolute Gasteiger partial charge is 0.469 e. The van der Waals surface area contributed by atoms with E-state index in [1.54, 1.807) is 0 Å². The molecule has 0 saturated heterocycles. The van der Waals surface area contributed by atoms with Crippen LogP contribution in [-0.4, -0.2) is 41.0 Å². The number of carbonyl (C=O) groups excluding carboxylic acids is 2. The molecule has 0 saturated carbocycles. The van der Waals surface area contributed by atoms with Gasteiger partial charge in [-0.1, -0.05) is 127 Å². The van der Waals surface area contributed by atoms with Gasteiger partial charge in [0.2, 0.25) is 0 Å². The van der Waals surface area contributed by atoms with Crippen molar-refractivity contribution in [1.29, 1.82) is 0 Å². The highest BCUT2D eigenvalue weighted by Crippen LogP contribution is 2.35. The standard InChI is InChI=1S/C35H61O8P/c1-3-5-7-9-11-13-15-16-17-18-20-22-24-26-28-30-35(37)43-33(32-42-44(38,39)40)31-41-34(36)29-27-25-23-21-19-14-12-10-8-6-4-2/h5,7,11,13,16-17,20,22,33H,3-4,6,8-10,12,14-15,18-19,21,23-32H2,1-2H3,(H2,38,39,40)/b7-5-,13-11-,17-16-,22-20-. The van der Waals surface area contributed by atoms with E-state index in [2.05, 4.69) is 67.0 Å². The van der Waals surface area contributed by atoms with Crippen LogP contribution in [0.15, 0.2) is 48.6 Å². The SMILES string of the molecule is CC/C=C\C/C=C\C/C=C\C/C=C\CCCCC(=O)OC(COC(=O)CCCCCCCCCCCCC)COP(=O)(O)O. The van der Waals surface area contributed by atoms with Crippen molar-refractivity contribution in [2.45, 2.75) is 148 Å². The number of carbonyl (C=O) groups is 2. The van der Waals surface area contributed by atoms with Crippen LogP contribution in [-0.2, 0) is 28.2 Å². The minimum Gasteiger partial charge on any atom is -0.462 e. The number of rotatable bonds is 30. The summed E-state index contributed by atoms with van der Waals surface area (Å²) >= 11 is 0. The lowest BCUT2D eigenvalue weighted by Crippen LogP contribution is -2.29. The molecule has 0 aliphatic carbocycles. The summed E-state index contributed by atoms with van der Waals surface area (Å²) in [4.78, 5) is 42.5. The molecule has 0 radical (unpaired) electrons. The number of hydrogen-bond donors (Lipinski definition) is 2. The number of allylic oxidation sites excluding steroid dienone is 8. The molecule has 0 spiro atoms. The van der Waals surface area contributed by atoms with E-state index in [-0.39, 0.29) is 19.4 Å². The number of hydrogen-bond acceptors (Lipinski definition) is 6. The first-order chi connectivity index (χ1) is 21.3. The van der Waals surface area contributed by atoms with Gasteiger partial charge in [0, 0.05) is 12.8 Å². The summed E-state index contributed by atoms with van der Waals surface area (Å²) in [7, 11) is -4.76. The third-order valence-electron chi connectivity index (χ3n) is 6.86. The average Bonchev–Trinajstić information content (AvgIpc) is 2.98. The predicted molar refractivity (Wildman–Crippen MR) is 179 cm³/mol. The fourth-order valence-corrected chi connectivity index (χ4v) is 4.72. The van der Waals surface area contributed by atoms with Crippen molar-refractivity contribution < 1.29 is 37.9 Å². The van der Waals surface area contributed by atoms with Gasteiger partial charge in [0.15, 0.2) is 6.10 Å². The van der Waals surface area contributed by atoms with E-state index in [0.29, 0.717) is 6.42 Å². The van der Waals surface area contributed by atoms with Gasteiger partial charge in [-0.15, -0.1) is 0 Å². The maximum absolute atomic E-state index is 12.3. The molecule has 0 aromatic carbocycles. The van der Waals surface area contributed by atoms with Crippen molar-refractivity contribution in [2.75, 3.05) is 13.2 Å². The van der Waals surface area contributed by atoms with E-state index in [0.717, 1.165) is 57.8 Å². The van der Waals surface area contributed by atoms with Gasteiger partial charge in [-0.05, 0) is 51.4 Å². The summed E-state index contributed by atoms with van der Waals surface area (Å²) in [5.74, 6) is -0.938. The number of ether oxygens (including phenoxy) is 2. The predicted octanol–water partition coefficient (Wildman–Crippen LogP) is 9.62. The Bertz CT molecular complexity index is 859. The number of unbranched alkanes of at least 4 members (excludes halogenated alkanes) is 12. The van der Waals surface area contributed by atoms with Crippen LogP contribution in [0.3, 0.4) is 0 Å². The Kier molecular flexibility index (Phi) is 29.6. The van der Waals surface area contributed by atoms with E-state index >= 15 is 0 Å². The summed E-state index contributed by atoms with van der Waals surface area (Å²) in [6, 6.07) is 0. The van der Waals surface area contributed by atoms with Crippen molar-refractivity contribution in [3.63, 3.8) is 0 Å². The van der Waals surface area contributed by atoms with Gasteiger partial charge in [-0.25, -0.2) is 4.57 Å². The van der Waals surface area contributed by atoms with Crippen LogP contribution in [0.4, 0.5) is 0 Å². The molecule has 0 aliphatic rings. The second kappa shape index (κ2) is 31.0. The highest BCUT2D eigenvalue weighted by atomic mass is 31.2. The van der Waals surface area contributed by atoms with Crippen molar-refractivity contribution >= 4 is 19.8 Å². The van der Waals surface area contributed by atoms with Crippen LogP contribution in [0.25, 0.3) is 0 Å². The number of phosphoric ester groups is 1. The Balaban J connectivity index is 4.11. The third-order valence-corrected chi connectivity index (χ3v) is 7.35. The summed E-state index contributed by atoms with van der Waals surface area (Å²) in [6.45, 7) is 3.50. The molecule has 1 unspecified atom stereocenters. The molecule has 0 bridgehead atoms. The summed E-state index contributed by atoms with van der Waals surface area (Å²) in [5.41, 5.74) is 0. The Morgan fingerprint density at radius 3 is 1.64 bits per heavy atom. The number of phosphoric acid groups is 1. The molecule has 0 fully saturated rings. The van der Waals surface area contributed by atoms with Gasteiger partial charge in [0.1, 0.15) is 6.61 Å². The van der Waals surface area contributed by atoms with E-state index in [1.807, 2.05) is 0 Å². The molecule has 8 nitrogen and oxygen atoms in total. The number of esters is 2. The van der Waals surface area contributed by atoms with Crippen LogP contribution >= 0.6 is 7.82 Å². The fraction of sp³-hybridized carbons (Fsp3) is 0.714. The molecule has 0 aliphatic heterocycles. The van der Waals surface area contributed by atoms with Gasteiger partial charge in [0.25, 0.3) is 0 Å². The van der Waals surface area contributed by atoms with Crippen LogP contribution in [0, 0.1) is 0 Å². The van der Waals surface area contributed by atoms with Crippen LogP contribution < -0.4 is 0 Å². The van der Waals surface area contributed by atoms with Gasteiger partial charge in [0.05, 0.1) is 6.61 Å². The normalized spacial score (nSPS) is 13.1. The molecule has 0 aromatic rings. The maximum atomic E-state index is 12.3. The lowest BCUT2D eigenvalue weighted by Gasteiger charge is -2.18. The summed E-state index contributed by atoms with van der Waals surface area (Å²) < 4.78 is 26.2. The first-order valence-electron chi connectivity index (χ1n) is 16.9. The van der Waals surface area contributed by atoms with Gasteiger partial charge < -0.3 is 19.3 Å². The highest BCUT2D eigenvalue weighted by molar-refractivity contribution is 7.46. The van der Waals surface area contributed by atoms with Crippen LogP contribution in [0.5, 0.6) is 0 Å². The molecular weight excluding hydrogens is 579 g/mol. The van der Waals surface area contributed by atoms with Gasteiger partial charge >= 0.3 is 19.8 Å². The molecule has 44 heavy (non-hydrogen) atoms. The van der Waals surface area contributed by atoms with E-state index in [4.69, 9.17) is 19.3 Å². The van der Waals surface area contributed by atoms with Gasteiger partial charge in [-0.3, -0.25) is 14.1 Å². The minimum atomic E-state index is -4.76. The van der Waals surface area contributed by atoms with E-state index in [9.17, 15) is 14.2 Å². The maximum Gasteiger partial charge on any atom is 0.469 e. The highest BCUT2D eigenvalue weighted by Gasteiger charge is 2.22. The van der Waals surface area contributed by atoms with E-state index in [1.165, 1.54) is 51.4 Å². The zero-order chi connectivity index (χ0) is 32.6. The molecule has 2 N–H and O–H groups in total. The molecular formula is C35H61O8P. The Hall–Kier alpha value is -1.99. The van der Waals surface area contributed by atoms with Crippen LogP contribution in [0.2, 0.25) is 0 Å². The second-order valence-electron chi connectivity index (χ2n) is 11.1.